The van der Waals surface area contributed by atoms with Gasteiger partial charge in [0.2, 0.25) is 5.91 Å². The number of nitrogens with zero attached hydrogens (tertiary/aromatic N) is 3. The molecule has 0 bridgehead atoms. The van der Waals surface area contributed by atoms with Crippen LogP contribution in [0, 0.1) is 5.82 Å². The fourth-order valence-electron chi connectivity index (χ4n) is 2.39. The molecule has 0 aliphatic carbocycles. The van der Waals surface area contributed by atoms with E-state index in [1.807, 2.05) is 6.92 Å². The number of thioether (sulfide) groups is 1. The Hall–Kier alpha value is -2.10. The van der Waals surface area contributed by atoms with Gasteiger partial charge in [-0.2, -0.15) is 0 Å². The third kappa shape index (κ3) is 3.55. The first kappa shape index (κ1) is 18.7. The van der Waals surface area contributed by atoms with Crippen molar-refractivity contribution in [1.29, 1.82) is 0 Å². The van der Waals surface area contributed by atoms with E-state index in [9.17, 15) is 14.0 Å². The monoisotopic (exact) mass is 407 g/mol. The van der Waals surface area contributed by atoms with Crippen LogP contribution in [0.3, 0.4) is 0 Å². The summed E-state index contributed by atoms with van der Waals surface area (Å²) in [5.74, 6) is -1.02. The number of carbonyl (C=O) groups excluding carboxylic acids is 2. The van der Waals surface area contributed by atoms with Crippen LogP contribution in [-0.2, 0) is 9.59 Å². The summed E-state index contributed by atoms with van der Waals surface area (Å²) in [5.41, 5.74) is 0.655. The van der Waals surface area contributed by atoms with Crippen LogP contribution in [0.4, 0.5) is 15.2 Å². The molecule has 9 heteroatoms. The number of halogens is 1. The van der Waals surface area contributed by atoms with Gasteiger partial charge in [0.15, 0.2) is 5.13 Å². The molecule has 1 fully saturated rings. The number of rotatable bonds is 4. The predicted octanol–water partition coefficient (Wildman–Crippen LogP) is 4.19. The van der Waals surface area contributed by atoms with Crippen molar-refractivity contribution >= 4 is 68.3 Å². The van der Waals surface area contributed by atoms with E-state index >= 15 is 0 Å². The number of carbonyl (C=O) groups is 2. The Bertz CT molecular complexity index is 925. The van der Waals surface area contributed by atoms with Gasteiger partial charge < -0.3 is 0 Å². The minimum Gasteiger partial charge on any atom is -0.293 e. The highest BCUT2D eigenvalue weighted by atomic mass is 32.2. The van der Waals surface area contributed by atoms with E-state index in [1.165, 1.54) is 52.0 Å². The second-order valence-electron chi connectivity index (χ2n) is 5.29. The molecule has 0 radical (unpaired) electrons. The van der Waals surface area contributed by atoms with Gasteiger partial charge in [-0.25, -0.2) is 9.37 Å². The van der Waals surface area contributed by atoms with E-state index in [-0.39, 0.29) is 17.5 Å². The third-order valence-corrected chi connectivity index (χ3v) is 5.80. The Balaban J connectivity index is 1.93. The van der Waals surface area contributed by atoms with Gasteiger partial charge in [-0.1, -0.05) is 36.1 Å². The van der Waals surface area contributed by atoms with Crippen LogP contribution < -0.4 is 4.90 Å². The van der Waals surface area contributed by atoms with Crippen molar-refractivity contribution in [3.63, 3.8) is 0 Å². The lowest BCUT2D eigenvalue weighted by atomic mass is 10.3. The molecule has 2 aromatic rings. The first-order valence-electron chi connectivity index (χ1n) is 7.68. The van der Waals surface area contributed by atoms with Gasteiger partial charge in [0, 0.05) is 18.8 Å². The van der Waals surface area contributed by atoms with E-state index in [4.69, 9.17) is 12.2 Å². The average Bonchev–Trinajstić information content (AvgIpc) is 3.14. The van der Waals surface area contributed by atoms with E-state index in [0.29, 0.717) is 26.6 Å². The average molecular weight is 408 g/mol. The summed E-state index contributed by atoms with van der Waals surface area (Å²) in [4.78, 5) is 31.9. The Morgan fingerprint density at radius 3 is 2.77 bits per heavy atom. The minimum absolute atomic E-state index is 0.137. The number of anilines is 2. The molecule has 26 heavy (non-hydrogen) atoms. The summed E-state index contributed by atoms with van der Waals surface area (Å²) in [7, 11) is 0. The molecule has 0 N–H and O–H groups in total. The second-order valence-corrected chi connectivity index (χ2v) is 7.80. The summed E-state index contributed by atoms with van der Waals surface area (Å²) < 4.78 is 14.6. The number of likely N-dealkylation sites (N-methyl/N-ethyl adjacent to an activating group) is 1. The molecule has 0 unspecified atom stereocenters. The number of hydrogen-bond acceptors (Lipinski definition) is 6. The number of para-hydroxylation sites is 1. The van der Waals surface area contributed by atoms with Crippen molar-refractivity contribution in [2.24, 2.45) is 0 Å². The molecule has 1 saturated heterocycles. The van der Waals surface area contributed by atoms with Crippen LogP contribution in [0.15, 0.2) is 34.6 Å². The highest BCUT2D eigenvalue weighted by molar-refractivity contribution is 8.26. The van der Waals surface area contributed by atoms with Crippen molar-refractivity contribution in [3.05, 3.63) is 46.1 Å². The molecule has 2 amide bonds. The number of amides is 2. The fourth-order valence-corrected chi connectivity index (χ4v) is 4.60. The molecule has 1 aromatic heterocycles. The van der Waals surface area contributed by atoms with Gasteiger partial charge in [0.1, 0.15) is 10.1 Å². The molecule has 5 nitrogen and oxygen atoms in total. The maximum atomic E-state index is 14.1. The molecule has 0 saturated carbocycles. The first-order chi connectivity index (χ1) is 12.4. The van der Waals surface area contributed by atoms with E-state index in [0.717, 1.165) is 0 Å². The fraction of sp³-hybridized carbons (Fsp3) is 0.176. The zero-order valence-corrected chi connectivity index (χ0v) is 16.4. The largest absolute Gasteiger partial charge is 0.293 e. The summed E-state index contributed by atoms with van der Waals surface area (Å²) in [5, 5.41) is 2.05. The second kappa shape index (κ2) is 7.65. The lowest BCUT2D eigenvalue weighted by Gasteiger charge is -2.18. The Kier molecular flexibility index (Phi) is 5.49. The smallest absolute Gasteiger partial charge is 0.266 e. The number of thiocarbonyl (C=S) groups is 1. The van der Waals surface area contributed by atoms with E-state index in [2.05, 4.69) is 4.98 Å². The van der Waals surface area contributed by atoms with Crippen LogP contribution in [-0.4, -0.2) is 32.6 Å². The number of benzene rings is 1. The maximum Gasteiger partial charge on any atom is 0.266 e. The van der Waals surface area contributed by atoms with Gasteiger partial charge in [-0.15, -0.1) is 11.3 Å². The van der Waals surface area contributed by atoms with Gasteiger partial charge in [-0.3, -0.25) is 19.4 Å². The quantitative estimate of drug-likeness (QED) is 0.562. The standard InChI is InChI=1S/C17H14FN3O2S3/c1-3-20-15(23)14(26-17(20)24)8-11-9-25-16(19-11)21(10(2)22)13-7-5-4-6-12(13)18/h4-9H,3H2,1-2H3. The topological polar surface area (TPSA) is 53.5 Å². The molecule has 1 aliphatic heterocycles. The van der Waals surface area contributed by atoms with Crippen LogP contribution in [0.1, 0.15) is 19.5 Å². The van der Waals surface area contributed by atoms with Crippen molar-refractivity contribution in [2.45, 2.75) is 13.8 Å². The number of aromatic nitrogens is 1. The zero-order valence-electron chi connectivity index (χ0n) is 13.9. The van der Waals surface area contributed by atoms with Crippen molar-refractivity contribution in [1.82, 2.24) is 9.88 Å². The van der Waals surface area contributed by atoms with Crippen molar-refractivity contribution < 1.29 is 14.0 Å². The van der Waals surface area contributed by atoms with Gasteiger partial charge in [-0.05, 0) is 25.1 Å². The Labute approximate surface area is 163 Å². The third-order valence-electron chi connectivity index (χ3n) is 3.58. The van der Waals surface area contributed by atoms with Gasteiger partial charge in [0.25, 0.3) is 5.91 Å². The van der Waals surface area contributed by atoms with Crippen molar-refractivity contribution in [2.75, 3.05) is 11.4 Å². The summed E-state index contributed by atoms with van der Waals surface area (Å²) in [6, 6.07) is 6.01. The summed E-state index contributed by atoms with van der Waals surface area (Å²) >= 11 is 7.60. The lowest BCUT2D eigenvalue weighted by Crippen LogP contribution is -2.27. The molecular formula is C17H14FN3O2S3. The zero-order chi connectivity index (χ0) is 18.8. The van der Waals surface area contributed by atoms with Gasteiger partial charge >= 0.3 is 0 Å². The minimum atomic E-state index is -0.511. The molecule has 0 atom stereocenters. The first-order valence-corrected chi connectivity index (χ1v) is 9.79. The molecule has 1 aromatic carbocycles. The normalized spacial score (nSPS) is 15.8. The molecule has 134 valence electrons. The summed E-state index contributed by atoms with van der Waals surface area (Å²) in [6.07, 6.45) is 1.63. The predicted molar refractivity (Wildman–Crippen MR) is 107 cm³/mol. The van der Waals surface area contributed by atoms with Crippen molar-refractivity contribution in [3.8, 4) is 0 Å². The molecule has 2 heterocycles. The van der Waals surface area contributed by atoms with Gasteiger partial charge in [0.05, 0.1) is 16.3 Å². The SMILES string of the molecule is CCN1C(=O)C(=Cc2csc(N(C(C)=O)c3ccccc3F)n2)SC1=S. The van der Waals surface area contributed by atoms with Crippen LogP contribution in [0.25, 0.3) is 6.08 Å². The lowest BCUT2D eigenvalue weighted by molar-refractivity contribution is -0.122. The highest BCUT2D eigenvalue weighted by Crippen LogP contribution is 2.34. The molecule has 1 aliphatic rings. The Morgan fingerprint density at radius 1 is 1.42 bits per heavy atom. The van der Waals surface area contributed by atoms with Crippen LogP contribution in [0.5, 0.6) is 0 Å². The number of thiazole rings is 1. The number of hydrogen-bond donors (Lipinski definition) is 0. The van der Waals surface area contributed by atoms with Crippen LogP contribution in [0.2, 0.25) is 0 Å². The molecular weight excluding hydrogens is 393 g/mol. The molecule has 3 rings (SSSR count). The molecule has 0 spiro atoms. The summed E-state index contributed by atoms with van der Waals surface area (Å²) in [6.45, 7) is 3.71. The Morgan fingerprint density at radius 2 is 2.15 bits per heavy atom. The van der Waals surface area contributed by atoms with E-state index < -0.39 is 5.82 Å². The maximum absolute atomic E-state index is 14.1. The van der Waals surface area contributed by atoms with E-state index in [1.54, 1.807) is 23.6 Å². The van der Waals surface area contributed by atoms with Crippen LogP contribution >= 0.6 is 35.3 Å². The highest BCUT2D eigenvalue weighted by Gasteiger charge is 2.31.